The van der Waals surface area contributed by atoms with Crippen LogP contribution in [0, 0.1) is 11.3 Å². The van der Waals surface area contributed by atoms with Crippen LogP contribution in [0.3, 0.4) is 0 Å². The van der Waals surface area contributed by atoms with Gasteiger partial charge in [0.2, 0.25) is 5.91 Å². The fourth-order valence-electron chi connectivity index (χ4n) is 2.48. The van der Waals surface area contributed by atoms with Gasteiger partial charge in [0.1, 0.15) is 5.54 Å². The predicted molar refractivity (Wildman–Crippen MR) is 84.8 cm³/mol. The summed E-state index contributed by atoms with van der Waals surface area (Å²) in [5, 5.41) is 12.7. The summed E-state index contributed by atoms with van der Waals surface area (Å²) in [6.07, 6.45) is 7.83. The third-order valence-corrected chi connectivity index (χ3v) is 4.24. The van der Waals surface area contributed by atoms with Crippen molar-refractivity contribution < 1.29 is 4.79 Å². The lowest BCUT2D eigenvalue weighted by atomic mass is 10.1. The fraction of sp³-hybridized carbons (Fsp3) is 0.294. The van der Waals surface area contributed by atoms with E-state index in [2.05, 4.69) is 11.4 Å². The van der Waals surface area contributed by atoms with Crippen LogP contribution in [0.5, 0.6) is 0 Å². The first kappa shape index (κ1) is 14.7. The van der Waals surface area contributed by atoms with Gasteiger partial charge in [-0.2, -0.15) is 5.26 Å². The first-order valence-corrected chi connectivity index (χ1v) is 7.60. The number of nitrogens with one attached hydrogen (secondary N) is 1. The molecule has 1 N–H and O–H groups in total. The van der Waals surface area contributed by atoms with Gasteiger partial charge in [0.05, 0.1) is 12.5 Å². The number of nitriles is 1. The molecule has 0 radical (unpaired) electrons. The number of carbonyl (C=O) groups is 1. The van der Waals surface area contributed by atoms with Crippen molar-refractivity contribution in [2.75, 3.05) is 6.54 Å². The molecule has 1 fully saturated rings. The van der Waals surface area contributed by atoms with E-state index >= 15 is 0 Å². The Hall–Kier alpha value is -2.25. The average Bonchev–Trinajstić information content (AvgIpc) is 3.31. The summed E-state index contributed by atoms with van der Waals surface area (Å²) < 4.78 is 0. The van der Waals surface area contributed by atoms with E-state index in [0.29, 0.717) is 18.0 Å². The molecule has 1 aliphatic heterocycles. The molecule has 0 spiro atoms. The number of allylic oxidation sites excluding steroid dienone is 1. The zero-order valence-corrected chi connectivity index (χ0v) is 12.8. The Balaban J connectivity index is 1.54. The molecule has 0 atom stereocenters. The first-order chi connectivity index (χ1) is 10.6. The quantitative estimate of drug-likeness (QED) is 0.930. The molecule has 1 saturated carbocycles. The smallest absolute Gasteiger partial charge is 0.228 e. The molecule has 0 aromatic heterocycles. The monoisotopic (exact) mass is 313 g/mol. The van der Waals surface area contributed by atoms with Gasteiger partial charge < -0.3 is 10.2 Å². The highest BCUT2D eigenvalue weighted by molar-refractivity contribution is 6.30. The Morgan fingerprint density at radius 2 is 2.09 bits per heavy atom. The van der Waals surface area contributed by atoms with Gasteiger partial charge in [-0.05, 0) is 42.7 Å². The van der Waals surface area contributed by atoms with Crippen LogP contribution in [0.15, 0.2) is 48.3 Å². The molecule has 112 valence electrons. The highest BCUT2D eigenvalue weighted by Gasteiger charge is 2.47. The highest BCUT2D eigenvalue weighted by Crippen LogP contribution is 2.41. The van der Waals surface area contributed by atoms with E-state index in [4.69, 9.17) is 11.6 Å². The van der Waals surface area contributed by atoms with Crippen molar-refractivity contribution in [3.63, 3.8) is 0 Å². The van der Waals surface area contributed by atoms with Crippen molar-refractivity contribution in [3.05, 3.63) is 58.9 Å². The number of amides is 1. The van der Waals surface area contributed by atoms with E-state index in [1.807, 2.05) is 35.4 Å². The molecule has 0 bridgehead atoms. The number of hydrogen-bond donors (Lipinski definition) is 1. The third kappa shape index (κ3) is 3.15. The third-order valence-electron chi connectivity index (χ3n) is 3.99. The summed E-state index contributed by atoms with van der Waals surface area (Å²) in [5.41, 5.74) is 1.39. The molecular formula is C17H16ClN3O. The molecular weight excluding hydrogens is 298 g/mol. The lowest BCUT2D eigenvalue weighted by Crippen LogP contribution is -2.35. The van der Waals surface area contributed by atoms with E-state index < -0.39 is 0 Å². The van der Waals surface area contributed by atoms with Crippen LogP contribution >= 0.6 is 11.6 Å². The number of halogens is 1. The topological polar surface area (TPSA) is 56.1 Å². The van der Waals surface area contributed by atoms with Gasteiger partial charge >= 0.3 is 0 Å². The van der Waals surface area contributed by atoms with Crippen LogP contribution in [0.2, 0.25) is 5.02 Å². The maximum Gasteiger partial charge on any atom is 0.228 e. The largest absolute Gasteiger partial charge is 0.356 e. The van der Waals surface area contributed by atoms with E-state index in [9.17, 15) is 10.1 Å². The Morgan fingerprint density at radius 3 is 2.64 bits per heavy atom. The Bertz CT molecular complexity index is 681. The summed E-state index contributed by atoms with van der Waals surface area (Å²) in [7, 11) is 0. The average molecular weight is 314 g/mol. The minimum absolute atomic E-state index is 0.0620. The van der Waals surface area contributed by atoms with Crippen LogP contribution in [0.4, 0.5) is 0 Å². The normalized spacial score (nSPS) is 18.4. The maximum absolute atomic E-state index is 12.0. The van der Waals surface area contributed by atoms with Crippen molar-refractivity contribution in [1.29, 1.82) is 5.26 Å². The zero-order valence-electron chi connectivity index (χ0n) is 12.1. The minimum atomic E-state index is -0.314. The number of hydrogen-bond acceptors (Lipinski definition) is 3. The molecule has 0 unspecified atom stereocenters. The van der Waals surface area contributed by atoms with Crippen molar-refractivity contribution in [1.82, 2.24) is 10.2 Å². The Kier molecular flexibility index (Phi) is 3.91. The SMILES string of the molecule is N#CC1(N2C=CC(NC(=O)Cc3ccc(Cl)cc3)=CC2)CC1. The van der Waals surface area contributed by atoms with Crippen molar-refractivity contribution in [2.45, 2.75) is 24.8 Å². The zero-order chi connectivity index (χ0) is 15.6. The van der Waals surface area contributed by atoms with E-state index in [-0.39, 0.29) is 11.4 Å². The molecule has 1 aromatic rings. The molecule has 1 heterocycles. The standard InChI is InChI=1S/C17H16ClN3O/c18-14-3-1-13(2-4-14)11-16(22)20-15-5-9-21(10-6-15)17(12-19)7-8-17/h1-6,9H,7-8,10-11H2,(H,20,22). The van der Waals surface area contributed by atoms with Crippen LogP contribution in [-0.4, -0.2) is 22.9 Å². The summed E-state index contributed by atoms with van der Waals surface area (Å²) in [6.45, 7) is 0.653. The molecule has 1 aliphatic carbocycles. The highest BCUT2D eigenvalue weighted by atomic mass is 35.5. The van der Waals surface area contributed by atoms with Crippen molar-refractivity contribution in [3.8, 4) is 6.07 Å². The number of carbonyl (C=O) groups excluding carboxylic acids is 1. The molecule has 0 saturated heterocycles. The number of rotatable bonds is 4. The molecule has 1 amide bonds. The molecule has 1 aromatic carbocycles. The Morgan fingerprint density at radius 1 is 1.36 bits per heavy atom. The van der Waals surface area contributed by atoms with Crippen molar-refractivity contribution >= 4 is 17.5 Å². The summed E-state index contributed by atoms with van der Waals surface area (Å²) in [4.78, 5) is 14.1. The fourth-order valence-corrected chi connectivity index (χ4v) is 2.61. The van der Waals surface area contributed by atoms with Crippen LogP contribution in [-0.2, 0) is 11.2 Å². The van der Waals surface area contributed by atoms with Gasteiger partial charge in [-0.25, -0.2) is 0 Å². The van der Waals surface area contributed by atoms with E-state index in [0.717, 1.165) is 24.1 Å². The van der Waals surface area contributed by atoms with E-state index in [1.54, 1.807) is 12.1 Å². The van der Waals surface area contributed by atoms with Gasteiger partial charge in [0.15, 0.2) is 0 Å². The second kappa shape index (κ2) is 5.86. The maximum atomic E-state index is 12.0. The lowest BCUT2D eigenvalue weighted by Gasteiger charge is -2.27. The van der Waals surface area contributed by atoms with Crippen molar-refractivity contribution in [2.24, 2.45) is 0 Å². The number of benzene rings is 1. The predicted octanol–water partition coefficient (Wildman–Crippen LogP) is 2.77. The number of nitrogens with zero attached hydrogens (tertiary/aromatic N) is 2. The van der Waals surface area contributed by atoms with Gasteiger partial charge in [0, 0.05) is 23.5 Å². The summed E-state index contributed by atoms with van der Waals surface area (Å²) in [5.74, 6) is -0.0620. The molecule has 2 aliphatic rings. The molecule has 4 nitrogen and oxygen atoms in total. The van der Waals surface area contributed by atoms with Crippen LogP contribution in [0.25, 0.3) is 0 Å². The second-order valence-corrected chi connectivity index (χ2v) is 6.06. The molecule has 22 heavy (non-hydrogen) atoms. The molecule has 5 heteroatoms. The van der Waals surface area contributed by atoms with Crippen LogP contribution in [0.1, 0.15) is 18.4 Å². The summed E-state index contributed by atoms with van der Waals surface area (Å²) in [6, 6.07) is 9.61. The minimum Gasteiger partial charge on any atom is -0.356 e. The van der Waals surface area contributed by atoms with Gasteiger partial charge in [0.25, 0.3) is 0 Å². The lowest BCUT2D eigenvalue weighted by molar-refractivity contribution is -0.119. The first-order valence-electron chi connectivity index (χ1n) is 7.22. The summed E-state index contributed by atoms with van der Waals surface area (Å²) >= 11 is 5.82. The molecule has 3 rings (SSSR count). The van der Waals surface area contributed by atoms with E-state index in [1.165, 1.54) is 0 Å². The Labute approximate surface area is 134 Å². The van der Waals surface area contributed by atoms with Gasteiger partial charge in [-0.15, -0.1) is 0 Å². The van der Waals surface area contributed by atoms with Gasteiger partial charge in [-0.3, -0.25) is 4.79 Å². The van der Waals surface area contributed by atoms with Gasteiger partial charge in [-0.1, -0.05) is 23.7 Å². The van der Waals surface area contributed by atoms with Crippen LogP contribution < -0.4 is 5.32 Å². The second-order valence-electron chi connectivity index (χ2n) is 5.62.